The zero-order valence-electron chi connectivity index (χ0n) is 11.9. The van der Waals surface area contributed by atoms with Gasteiger partial charge in [-0.1, -0.05) is 53.7 Å². The lowest BCUT2D eigenvalue weighted by Gasteiger charge is -2.19. The van der Waals surface area contributed by atoms with E-state index >= 15 is 0 Å². The topological polar surface area (TPSA) is 12.4 Å². The molecule has 0 N–H and O–H groups in total. The molecule has 1 aromatic rings. The highest BCUT2D eigenvalue weighted by atomic mass is 14.8. The summed E-state index contributed by atoms with van der Waals surface area (Å²) < 4.78 is 0. The van der Waals surface area contributed by atoms with Crippen LogP contribution in [0.15, 0.2) is 23.2 Å². The highest BCUT2D eigenvalue weighted by Gasteiger charge is 2.26. The van der Waals surface area contributed by atoms with Gasteiger partial charge in [-0.25, -0.2) is 0 Å². The van der Waals surface area contributed by atoms with Crippen LogP contribution in [0.3, 0.4) is 0 Å². The van der Waals surface area contributed by atoms with Crippen molar-refractivity contribution in [3.8, 4) is 0 Å². The normalized spacial score (nSPS) is 15.8. The molecule has 1 heterocycles. The molecule has 0 spiro atoms. The van der Waals surface area contributed by atoms with Gasteiger partial charge in [0.15, 0.2) is 0 Å². The molecule has 1 aliphatic rings. The first-order valence-electron chi connectivity index (χ1n) is 6.39. The molecule has 0 saturated carbocycles. The Bertz CT molecular complexity index is 467. The van der Waals surface area contributed by atoms with Crippen LogP contribution in [0.5, 0.6) is 0 Å². The van der Waals surface area contributed by atoms with Gasteiger partial charge in [0.2, 0.25) is 0 Å². The van der Waals surface area contributed by atoms with Crippen molar-refractivity contribution in [2.75, 3.05) is 0 Å². The standard InChI is InChI=1S/C16H23N/c1-15(2,3)12-8-7-11-9-14(16(4,5)6)17-13(11)10-12/h7-8,10H,9H2,1-6H3. The molecule has 0 unspecified atom stereocenters. The van der Waals surface area contributed by atoms with Crippen molar-refractivity contribution in [2.45, 2.75) is 53.4 Å². The van der Waals surface area contributed by atoms with E-state index in [1.807, 2.05) is 0 Å². The second-order valence-electron chi connectivity index (χ2n) is 7.08. The Kier molecular flexibility index (Phi) is 2.68. The van der Waals surface area contributed by atoms with Crippen LogP contribution in [0.1, 0.15) is 52.7 Å². The highest BCUT2D eigenvalue weighted by molar-refractivity contribution is 5.97. The molecule has 0 fully saturated rings. The van der Waals surface area contributed by atoms with E-state index in [1.165, 1.54) is 22.5 Å². The summed E-state index contributed by atoms with van der Waals surface area (Å²) >= 11 is 0. The van der Waals surface area contributed by atoms with Crippen molar-refractivity contribution < 1.29 is 0 Å². The Balaban J connectivity index is 2.40. The molecule has 0 atom stereocenters. The van der Waals surface area contributed by atoms with Gasteiger partial charge in [0.25, 0.3) is 0 Å². The van der Waals surface area contributed by atoms with E-state index in [1.54, 1.807) is 0 Å². The van der Waals surface area contributed by atoms with Gasteiger partial charge in [0.1, 0.15) is 0 Å². The molecule has 0 radical (unpaired) electrons. The molecule has 1 heteroatoms. The summed E-state index contributed by atoms with van der Waals surface area (Å²) in [6, 6.07) is 6.76. The van der Waals surface area contributed by atoms with Gasteiger partial charge in [0.05, 0.1) is 5.69 Å². The zero-order chi connectivity index (χ0) is 12.8. The van der Waals surface area contributed by atoms with Gasteiger partial charge in [0, 0.05) is 17.5 Å². The molecule has 1 aliphatic heterocycles. The molecular formula is C16H23N. The minimum absolute atomic E-state index is 0.181. The fraction of sp³-hybridized carbons (Fsp3) is 0.562. The summed E-state index contributed by atoms with van der Waals surface area (Å²) in [4.78, 5) is 4.81. The van der Waals surface area contributed by atoms with Gasteiger partial charge in [-0.05, 0) is 22.6 Å². The fourth-order valence-electron chi connectivity index (χ4n) is 2.08. The van der Waals surface area contributed by atoms with Crippen molar-refractivity contribution in [1.82, 2.24) is 0 Å². The Morgan fingerprint density at radius 2 is 1.59 bits per heavy atom. The Hall–Kier alpha value is -1.11. The first kappa shape index (κ1) is 12.3. The van der Waals surface area contributed by atoms with Crippen molar-refractivity contribution in [3.05, 3.63) is 29.3 Å². The molecule has 17 heavy (non-hydrogen) atoms. The average Bonchev–Trinajstić information content (AvgIpc) is 2.57. The van der Waals surface area contributed by atoms with Crippen LogP contribution in [0.25, 0.3) is 0 Å². The van der Waals surface area contributed by atoms with Crippen molar-refractivity contribution in [3.63, 3.8) is 0 Å². The van der Waals surface area contributed by atoms with Gasteiger partial charge >= 0.3 is 0 Å². The Morgan fingerprint density at radius 3 is 2.12 bits per heavy atom. The number of nitrogens with zero attached hydrogens (tertiary/aromatic N) is 1. The Morgan fingerprint density at radius 1 is 0.941 bits per heavy atom. The molecule has 0 aromatic heterocycles. The van der Waals surface area contributed by atoms with Crippen LogP contribution in [-0.4, -0.2) is 5.71 Å². The number of aliphatic imine (C=N–C) groups is 1. The molecule has 0 aliphatic carbocycles. The second kappa shape index (κ2) is 3.69. The number of fused-ring (bicyclic) bond motifs is 1. The smallest absolute Gasteiger partial charge is 0.0668 e. The van der Waals surface area contributed by atoms with Crippen LogP contribution in [0.4, 0.5) is 5.69 Å². The summed E-state index contributed by atoms with van der Waals surface area (Å²) in [7, 11) is 0. The summed E-state index contributed by atoms with van der Waals surface area (Å²) in [5.74, 6) is 0. The van der Waals surface area contributed by atoms with Crippen LogP contribution in [-0.2, 0) is 11.8 Å². The van der Waals surface area contributed by atoms with Crippen molar-refractivity contribution in [2.24, 2.45) is 10.4 Å². The third kappa shape index (κ3) is 2.43. The lowest BCUT2D eigenvalue weighted by molar-refractivity contribution is 0.584. The van der Waals surface area contributed by atoms with E-state index in [0.717, 1.165) is 6.42 Å². The van der Waals surface area contributed by atoms with Crippen molar-refractivity contribution in [1.29, 1.82) is 0 Å². The third-order valence-corrected chi connectivity index (χ3v) is 3.43. The van der Waals surface area contributed by atoms with Crippen molar-refractivity contribution >= 4 is 11.4 Å². The lowest BCUT2D eigenvalue weighted by atomic mass is 9.85. The maximum Gasteiger partial charge on any atom is 0.0668 e. The van der Waals surface area contributed by atoms with Gasteiger partial charge < -0.3 is 0 Å². The van der Waals surface area contributed by atoms with Crippen LogP contribution in [0, 0.1) is 5.41 Å². The van der Waals surface area contributed by atoms with Gasteiger partial charge in [-0.2, -0.15) is 0 Å². The lowest BCUT2D eigenvalue weighted by Crippen LogP contribution is -2.19. The first-order chi connectivity index (χ1) is 7.68. The fourth-order valence-corrected chi connectivity index (χ4v) is 2.08. The molecule has 0 saturated heterocycles. The number of benzene rings is 1. The maximum absolute atomic E-state index is 4.81. The maximum atomic E-state index is 4.81. The van der Waals surface area contributed by atoms with Crippen LogP contribution in [0.2, 0.25) is 0 Å². The van der Waals surface area contributed by atoms with Crippen LogP contribution < -0.4 is 0 Å². The van der Waals surface area contributed by atoms with E-state index in [0.29, 0.717) is 0 Å². The largest absolute Gasteiger partial charge is 0.257 e. The summed E-state index contributed by atoms with van der Waals surface area (Å²) in [5.41, 5.74) is 5.62. The summed E-state index contributed by atoms with van der Waals surface area (Å²) in [6.07, 6.45) is 1.02. The number of hydrogen-bond acceptors (Lipinski definition) is 1. The molecule has 0 bridgehead atoms. The van der Waals surface area contributed by atoms with E-state index in [-0.39, 0.29) is 10.8 Å². The first-order valence-corrected chi connectivity index (χ1v) is 6.39. The predicted molar refractivity (Wildman–Crippen MR) is 75.4 cm³/mol. The third-order valence-electron chi connectivity index (χ3n) is 3.43. The quantitative estimate of drug-likeness (QED) is 0.613. The predicted octanol–water partition coefficient (Wildman–Crippen LogP) is 4.66. The average molecular weight is 229 g/mol. The number of rotatable bonds is 0. The molecule has 1 aromatic carbocycles. The minimum atomic E-state index is 0.181. The molecule has 1 nitrogen and oxygen atoms in total. The second-order valence-corrected chi connectivity index (χ2v) is 7.08. The summed E-state index contributed by atoms with van der Waals surface area (Å²) in [6.45, 7) is 13.5. The molecule has 0 amide bonds. The Labute approximate surface area is 105 Å². The SMILES string of the molecule is CC(C)(C)C1=Nc2cc(C(C)(C)C)ccc2C1. The van der Waals surface area contributed by atoms with Gasteiger partial charge in [-0.15, -0.1) is 0 Å². The zero-order valence-corrected chi connectivity index (χ0v) is 11.9. The van der Waals surface area contributed by atoms with Gasteiger partial charge in [-0.3, -0.25) is 4.99 Å². The van der Waals surface area contributed by atoms with E-state index in [2.05, 4.69) is 59.7 Å². The summed E-state index contributed by atoms with van der Waals surface area (Å²) in [5, 5.41) is 0. The molecule has 92 valence electrons. The number of hydrogen-bond donors (Lipinski definition) is 0. The highest BCUT2D eigenvalue weighted by Crippen LogP contribution is 2.36. The molecule has 2 rings (SSSR count). The van der Waals surface area contributed by atoms with E-state index < -0.39 is 0 Å². The van der Waals surface area contributed by atoms with Crippen LogP contribution >= 0.6 is 0 Å². The minimum Gasteiger partial charge on any atom is -0.257 e. The molecular weight excluding hydrogens is 206 g/mol. The van der Waals surface area contributed by atoms with E-state index in [4.69, 9.17) is 4.99 Å². The monoisotopic (exact) mass is 229 g/mol. The van der Waals surface area contributed by atoms with E-state index in [9.17, 15) is 0 Å².